The highest BCUT2D eigenvalue weighted by Gasteiger charge is 2.30. The molecule has 1 saturated carbocycles. The standard InChI is InChI=1S/C17H27N3O/c1-3-20(15-7-5-4-6-13(15)11-18)16-10-12(2)8-9-14(16)17(19)21/h8-10,13,15H,3-7,11,18H2,1-2H3,(H2,19,21). The van der Waals surface area contributed by atoms with E-state index in [2.05, 4.69) is 17.9 Å². The summed E-state index contributed by atoms with van der Waals surface area (Å²) < 4.78 is 0. The van der Waals surface area contributed by atoms with Gasteiger partial charge in [-0.1, -0.05) is 18.9 Å². The van der Waals surface area contributed by atoms with Crippen LogP contribution in [0, 0.1) is 12.8 Å². The Kier molecular flexibility index (Phi) is 5.23. The second kappa shape index (κ2) is 6.94. The van der Waals surface area contributed by atoms with Gasteiger partial charge in [0.2, 0.25) is 0 Å². The van der Waals surface area contributed by atoms with Gasteiger partial charge in [0, 0.05) is 12.6 Å². The minimum atomic E-state index is -0.358. The van der Waals surface area contributed by atoms with Crippen LogP contribution >= 0.6 is 0 Å². The number of hydrogen-bond acceptors (Lipinski definition) is 3. The molecule has 21 heavy (non-hydrogen) atoms. The van der Waals surface area contributed by atoms with Gasteiger partial charge in [-0.15, -0.1) is 0 Å². The first-order chi connectivity index (χ1) is 10.1. The van der Waals surface area contributed by atoms with Gasteiger partial charge in [0.1, 0.15) is 0 Å². The molecule has 4 nitrogen and oxygen atoms in total. The van der Waals surface area contributed by atoms with Crippen LogP contribution in [0.15, 0.2) is 18.2 Å². The maximum absolute atomic E-state index is 11.8. The van der Waals surface area contributed by atoms with Crippen LogP contribution in [0.3, 0.4) is 0 Å². The summed E-state index contributed by atoms with van der Waals surface area (Å²) >= 11 is 0. The Balaban J connectivity index is 2.40. The molecule has 2 atom stereocenters. The fraction of sp³-hybridized carbons (Fsp3) is 0.588. The van der Waals surface area contributed by atoms with E-state index < -0.39 is 0 Å². The number of rotatable bonds is 5. The summed E-state index contributed by atoms with van der Waals surface area (Å²) in [7, 11) is 0. The molecule has 1 aliphatic rings. The summed E-state index contributed by atoms with van der Waals surface area (Å²) in [6, 6.07) is 6.27. The van der Waals surface area contributed by atoms with Gasteiger partial charge in [-0.05, 0) is 56.8 Å². The summed E-state index contributed by atoms with van der Waals surface area (Å²) in [5.74, 6) is 0.142. The van der Waals surface area contributed by atoms with Crippen molar-refractivity contribution in [2.24, 2.45) is 17.4 Å². The Morgan fingerprint density at radius 3 is 2.67 bits per heavy atom. The molecule has 116 valence electrons. The van der Waals surface area contributed by atoms with Crippen molar-refractivity contribution >= 4 is 11.6 Å². The van der Waals surface area contributed by atoms with E-state index in [1.54, 1.807) is 0 Å². The summed E-state index contributed by atoms with van der Waals surface area (Å²) in [6.45, 7) is 5.75. The SMILES string of the molecule is CCN(c1cc(C)ccc1C(N)=O)C1CCCCC1CN. The van der Waals surface area contributed by atoms with Crippen molar-refractivity contribution in [3.8, 4) is 0 Å². The van der Waals surface area contributed by atoms with E-state index >= 15 is 0 Å². The van der Waals surface area contributed by atoms with Crippen LogP contribution in [-0.4, -0.2) is 25.0 Å². The van der Waals surface area contributed by atoms with Gasteiger partial charge >= 0.3 is 0 Å². The molecule has 2 rings (SSSR count). The molecule has 0 aliphatic heterocycles. The van der Waals surface area contributed by atoms with E-state index in [0.29, 0.717) is 24.1 Å². The van der Waals surface area contributed by atoms with Gasteiger partial charge in [0.05, 0.1) is 11.3 Å². The van der Waals surface area contributed by atoms with Crippen molar-refractivity contribution in [3.05, 3.63) is 29.3 Å². The van der Waals surface area contributed by atoms with Gasteiger partial charge < -0.3 is 16.4 Å². The molecule has 1 fully saturated rings. The molecule has 0 radical (unpaired) electrons. The third kappa shape index (κ3) is 3.38. The molecule has 0 saturated heterocycles. The van der Waals surface area contributed by atoms with E-state index in [-0.39, 0.29) is 5.91 Å². The minimum absolute atomic E-state index is 0.358. The van der Waals surface area contributed by atoms with E-state index in [1.807, 2.05) is 19.1 Å². The molecular weight excluding hydrogens is 262 g/mol. The van der Waals surface area contributed by atoms with Crippen LogP contribution in [0.25, 0.3) is 0 Å². The normalized spacial score (nSPS) is 22.0. The molecule has 4 heteroatoms. The zero-order valence-electron chi connectivity index (χ0n) is 13.1. The predicted octanol–water partition coefficient (Wildman–Crippen LogP) is 2.44. The third-order valence-electron chi connectivity index (χ3n) is 4.64. The van der Waals surface area contributed by atoms with Crippen LogP contribution < -0.4 is 16.4 Å². The molecule has 1 aromatic carbocycles. The quantitative estimate of drug-likeness (QED) is 0.874. The summed E-state index contributed by atoms with van der Waals surface area (Å²) in [5.41, 5.74) is 14.3. The predicted molar refractivity (Wildman–Crippen MR) is 87.5 cm³/mol. The Morgan fingerprint density at radius 2 is 2.05 bits per heavy atom. The van der Waals surface area contributed by atoms with Crippen LogP contribution in [0.4, 0.5) is 5.69 Å². The van der Waals surface area contributed by atoms with Crippen LogP contribution in [-0.2, 0) is 0 Å². The maximum Gasteiger partial charge on any atom is 0.250 e. The number of carbonyl (C=O) groups is 1. The van der Waals surface area contributed by atoms with Crippen LogP contribution in [0.1, 0.15) is 48.5 Å². The van der Waals surface area contributed by atoms with Gasteiger partial charge in [0.15, 0.2) is 0 Å². The van der Waals surface area contributed by atoms with E-state index in [1.165, 1.54) is 19.3 Å². The fourth-order valence-electron chi connectivity index (χ4n) is 3.54. The first-order valence-electron chi connectivity index (χ1n) is 7.95. The van der Waals surface area contributed by atoms with E-state index in [0.717, 1.165) is 24.2 Å². The number of nitrogens with zero attached hydrogens (tertiary/aromatic N) is 1. The van der Waals surface area contributed by atoms with Gasteiger partial charge in [-0.2, -0.15) is 0 Å². The molecule has 1 aromatic rings. The lowest BCUT2D eigenvalue weighted by atomic mass is 9.83. The second-order valence-corrected chi connectivity index (χ2v) is 6.02. The Bertz CT molecular complexity index is 501. The van der Waals surface area contributed by atoms with Crippen LogP contribution in [0.5, 0.6) is 0 Å². The van der Waals surface area contributed by atoms with Crippen molar-refractivity contribution in [1.82, 2.24) is 0 Å². The van der Waals surface area contributed by atoms with E-state index in [4.69, 9.17) is 11.5 Å². The lowest BCUT2D eigenvalue weighted by Gasteiger charge is -2.41. The van der Waals surface area contributed by atoms with E-state index in [9.17, 15) is 4.79 Å². The van der Waals surface area contributed by atoms with Crippen molar-refractivity contribution in [3.63, 3.8) is 0 Å². The highest BCUT2D eigenvalue weighted by molar-refractivity contribution is 5.98. The number of aryl methyl sites for hydroxylation is 1. The molecule has 0 heterocycles. The molecule has 0 spiro atoms. The highest BCUT2D eigenvalue weighted by Crippen LogP contribution is 2.33. The Labute approximate surface area is 127 Å². The number of amides is 1. The average Bonchev–Trinajstić information content (AvgIpc) is 2.48. The zero-order chi connectivity index (χ0) is 15.4. The number of hydrogen-bond donors (Lipinski definition) is 2. The fourth-order valence-corrected chi connectivity index (χ4v) is 3.54. The second-order valence-electron chi connectivity index (χ2n) is 6.02. The van der Waals surface area contributed by atoms with Crippen LogP contribution in [0.2, 0.25) is 0 Å². The first-order valence-corrected chi connectivity index (χ1v) is 7.95. The smallest absolute Gasteiger partial charge is 0.250 e. The van der Waals surface area contributed by atoms with Gasteiger partial charge in [-0.3, -0.25) is 4.79 Å². The Hall–Kier alpha value is -1.55. The highest BCUT2D eigenvalue weighted by atomic mass is 16.1. The minimum Gasteiger partial charge on any atom is -0.368 e. The topological polar surface area (TPSA) is 72.3 Å². The number of primary amides is 1. The number of benzene rings is 1. The van der Waals surface area contributed by atoms with Gasteiger partial charge in [0.25, 0.3) is 5.91 Å². The first kappa shape index (κ1) is 15.8. The number of nitrogens with two attached hydrogens (primary N) is 2. The molecule has 2 unspecified atom stereocenters. The molecule has 1 amide bonds. The number of carbonyl (C=O) groups excluding carboxylic acids is 1. The van der Waals surface area contributed by atoms with Crippen molar-refractivity contribution in [2.45, 2.75) is 45.6 Å². The largest absolute Gasteiger partial charge is 0.368 e. The summed E-state index contributed by atoms with van der Waals surface area (Å²) in [4.78, 5) is 14.1. The lowest BCUT2D eigenvalue weighted by molar-refractivity contribution is 0.100. The number of anilines is 1. The molecule has 0 bridgehead atoms. The Morgan fingerprint density at radius 1 is 1.33 bits per heavy atom. The summed E-state index contributed by atoms with van der Waals surface area (Å²) in [5, 5.41) is 0. The lowest BCUT2D eigenvalue weighted by Crippen LogP contribution is -2.46. The zero-order valence-corrected chi connectivity index (χ0v) is 13.1. The maximum atomic E-state index is 11.8. The monoisotopic (exact) mass is 289 g/mol. The van der Waals surface area contributed by atoms with Crippen molar-refractivity contribution < 1.29 is 4.79 Å². The van der Waals surface area contributed by atoms with Gasteiger partial charge in [-0.25, -0.2) is 0 Å². The molecular formula is C17H27N3O. The third-order valence-corrected chi connectivity index (χ3v) is 4.64. The van der Waals surface area contributed by atoms with Crippen molar-refractivity contribution in [2.75, 3.05) is 18.0 Å². The summed E-state index contributed by atoms with van der Waals surface area (Å²) in [6.07, 6.45) is 4.80. The van der Waals surface area contributed by atoms with Crippen molar-refractivity contribution in [1.29, 1.82) is 0 Å². The average molecular weight is 289 g/mol. The molecule has 0 aromatic heterocycles. The molecule has 1 aliphatic carbocycles. The molecule has 4 N–H and O–H groups in total.